The summed E-state index contributed by atoms with van der Waals surface area (Å²) in [5.41, 5.74) is 2.48. The number of rotatable bonds is 7. The minimum absolute atomic E-state index is 0.00189. The van der Waals surface area contributed by atoms with Crippen LogP contribution in [-0.4, -0.2) is 32.7 Å². The monoisotopic (exact) mass is 383 g/mol. The molecule has 3 N–H and O–H groups in total. The Morgan fingerprint density at radius 2 is 1.89 bits per heavy atom. The topological polar surface area (TPSA) is 83.0 Å². The Balaban J connectivity index is 1.96. The van der Waals surface area contributed by atoms with Crippen molar-refractivity contribution in [3.63, 3.8) is 0 Å². The van der Waals surface area contributed by atoms with Gasteiger partial charge in [0.1, 0.15) is 5.82 Å². The fraction of sp³-hybridized carbons (Fsp3) is 0.250. The molecule has 7 heteroatoms. The molecule has 0 spiro atoms. The van der Waals surface area contributed by atoms with Gasteiger partial charge in [-0.2, -0.15) is 4.98 Å². The number of hydrogen-bond donors (Lipinski definition) is 3. The van der Waals surface area contributed by atoms with Crippen molar-refractivity contribution in [2.45, 2.75) is 19.9 Å². The first-order valence-electron chi connectivity index (χ1n) is 8.74. The molecular weight excluding hydrogens is 362 g/mol. The Morgan fingerprint density at radius 3 is 2.52 bits per heavy atom. The van der Waals surface area contributed by atoms with E-state index in [2.05, 4.69) is 25.6 Å². The first-order valence-corrected chi connectivity index (χ1v) is 9.12. The van der Waals surface area contributed by atoms with Crippen LogP contribution >= 0.6 is 11.6 Å². The average molecular weight is 384 g/mol. The van der Waals surface area contributed by atoms with Gasteiger partial charge in [0.2, 0.25) is 5.95 Å². The molecule has 2 heterocycles. The zero-order valence-electron chi connectivity index (χ0n) is 15.2. The third-order valence-corrected chi connectivity index (χ3v) is 4.37. The molecule has 3 aromatic rings. The maximum atomic E-state index is 9.62. The second-order valence-corrected chi connectivity index (χ2v) is 6.95. The van der Waals surface area contributed by atoms with Gasteiger partial charge in [0.25, 0.3) is 0 Å². The van der Waals surface area contributed by atoms with E-state index in [1.807, 2.05) is 56.3 Å². The van der Waals surface area contributed by atoms with E-state index < -0.39 is 0 Å². The SMILES string of the molecule is CC(C)[C@H](CO)Nc1nc(Nc2ccc(Cl)cc2)cc(-c2cccnc2)n1. The van der Waals surface area contributed by atoms with Crippen molar-refractivity contribution in [3.05, 3.63) is 59.9 Å². The van der Waals surface area contributed by atoms with Crippen LogP contribution in [-0.2, 0) is 0 Å². The lowest BCUT2D eigenvalue weighted by Crippen LogP contribution is -2.30. The molecule has 0 aliphatic rings. The highest BCUT2D eigenvalue weighted by atomic mass is 35.5. The van der Waals surface area contributed by atoms with Crippen molar-refractivity contribution in [2.75, 3.05) is 17.2 Å². The number of benzene rings is 1. The highest BCUT2D eigenvalue weighted by Gasteiger charge is 2.15. The molecule has 0 fully saturated rings. The van der Waals surface area contributed by atoms with Gasteiger partial charge in [-0.25, -0.2) is 4.98 Å². The summed E-state index contributed by atoms with van der Waals surface area (Å²) in [6.07, 6.45) is 3.47. The van der Waals surface area contributed by atoms with Gasteiger partial charge in [-0.1, -0.05) is 25.4 Å². The number of aromatic nitrogens is 3. The molecule has 3 rings (SSSR count). The first kappa shape index (κ1) is 19.1. The summed E-state index contributed by atoms with van der Waals surface area (Å²) in [7, 11) is 0. The highest BCUT2D eigenvalue weighted by Crippen LogP contribution is 2.24. The third-order valence-electron chi connectivity index (χ3n) is 4.12. The van der Waals surface area contributed by atoms with Crippen LogP contribution in [0.2, 0.25) is 5.02 Å². The summed E-state index contributed by atoms with van der Waals surface area (Å²) in [6.45, 7) is 4.07. The van der Waals surface area contributed by atoms with E-state index in [0.29, 0.717) is 16.8 Å². The highest BCUT2D eigenvalue weighted by molar-refractivity contribution is 6.30. The molecule has 0 bridgehead atoms. The van der Waals surface area contributed by atoms with Gasteiger partial charge in [-0.05, 0) is 42.3 Å². The summed E-state index contributed by atoms with van der Waals surface area (Å²) < 4.78 is 0. The van der Waals surface area contributed by atoms with Crippen molar-refractivity contribution < 1.29 is 5.11 Å². The van der Waals surface area contributed by atoms with Crippen LogP contribution < -0.4 is 10.6 Å². The molecule has 0 unspecified atom stereocenters. The molecule has 27 heavy (non-hydrogen) atoms. The minimum Gasteiger partial charge on any atom is -0.394 e. The van der Waals surface area contributed by atoms with Crippen LogP contribution in [0.15, 0.2) is 54.9 Å². The van der Waals surface area contributed by atoms with Gasteiger partial charge >= 0.3 is 0 Å². The second-order valence-electron chi connectivity index (χ2n) is 6.51. The number of pyridine rings is 1. The molecule has 6 nitrogen and oxygen atoms in total. The summed E-state index contributed by atoms with van der Waals surface area (Å²) in [6, 6.07) is 12.9. The Labute approximate surface area is 163 Å². The van der Waals surface area contributed by atoms with Crippen molar-refractivity contribution in [1.82, 2.24) is 15.0 Å². The number of halogens is 1. The number of nitrogens with one attached hydrogen (secondary N) is 2. The number of aliphatic hydroxyl groups excluding tert-OH is 1. The fourth-order valence-electron chi connectivity index (χ4n) is 2.51. The lowest BCUT2D eigenvalue weighted by Gasteiger charge is -2.20. The van der Waals surface area contributed by atoms with E-state index in [0.717, 1.165) is 16.9 Å². The van der Waals surface area contributed by atoms with Crippen LogP contribution in [0.4, 0.5) is 17.5 Å². The Kier molecular flexibility index (Phi) is 6.21. The van der Waals surface area contributed by atoms with Crippen molar-refractivity contribution in [2.24, 2.45) is 5.92 Å². The maximum absolute atomic E-state index is 9.62. The molecular formula is C20H22ClN5O. The van der Waals surface area contributed by atoms with Crippen molar-refractivity contribution in [3.8, 4) is 11.3 Å². The van der Waals surface area contributed by atoms with Crippen molar-refractivity contribution in [1.29, 1.82) is 0 Å². The summed E-state index contributed by atoms with van der Waals surface area (Å²) in [5.74, 6) is 1.31. The molecule has 0 radical (unpaired) electrons. The molecule has 1 aromatic carbocycles. The van der Waals surface area contributed by atoms with Crippen molar-refractivity contribution >= 4 is 29.1 Å². The Bertz CT molecular complexity index is 871. The fourth-order valence-corrected chi connectivity index (χ4v) is 2.63. The molecule has 0 saturated carbocycles. The molecule has 140 valence electrons. The molecule has 0 aliphatic heterocycles. The zero-order chi connectivity index (χ0) is 19.2. The van der Waals surface area contributed by atoms with E-state index in [9.17, 15) is 5.11 Å². The summed E-state index contributed by atoms with van der Waals surface area (Å²) in [4.78, 5) is 13.3. The van der Waals surface area contributed by atoms with E-state index in [4.69, 9.17) is 11.6 Å². The van der Waals surface area contributed by atoms with E-state index in [-0.39, 0.29) is 18.6 Å². The largest absolute Gasteiger partial charge is 0.394 e. The normalized spacial score (nSPS) is 12.0. The lowest BCUT2D eigenvalue weighted by atomic mass is 10.1. The Hall–Kier alpha value is -2.70. The third kappa shape index (κ3) is 5.15. The van der Waals surface area contributed by atoms with Gasteiger partial charge in [-0.15, -0.1) is 0 Å². The molecule has 1 atom stereocenters. The smallest absolute Gasteiger partial charge is 0.225 e. The van der Waals surface area contributed by atoms with Gasteiger partial charge in [0.15, 0.2) is 0 Å². The average Bonchev–Trinajstić information content (AvgIpc) is 2.68. The van der Waals surface area contributed by atoms with E-state index in [1.165, 1.54) is 0 Å². The van der Waals surface area contributed by atoms with Crippen LogP contribution in [0.25, 0.3) is 11.3 Å². The van der Waals surface area contributed by atoms with Crippen LogP contribution in [0.1, 0.15) is 13.8 Å². The quantitative estimate of drug-likeness (QED) is 0.562. The molecule has 0 saturated heterocycles. The second kappa shape index (κ2) is 8.79. The predicted molar refractivity (Wildman–Crippen MR) is 109 cm³/mol. The number of aliphatic hydroxyl groups is 1. The van der Waals surface area contributed by atoms with Gasteiger partial charge in [-0.3, -0.25) is 4.98 Å². The number of hydrogen-bond acceptors (Lipinski definition) is 6. The minimum atomic E-state index is -0.141. The number of anilines is 3. The maximum Gasteiger partial charge on any atom is 0.225 e. The van der Waals surface area contributed by atoms with Crippen LogP contribution in [0, 0.1) is 5.92 Å². The first-order chi connectivity index (χ1) is 13.0. The van der Waals surface area contributed by atoms with Gasteiger partial charge in [0.05, 0.1) is 18.3 Å². The zero-order valence-corrected chi connectivity index (χ0v) is 16.0. The van der Waals surface area contributed by atoms with E-state index >= 15 is 0 Å². The van der Waals surface area contributed by atoms with Crippen LogP contribution in [0.5, 0.6) is 0 Å². The summed E-state index contributed by atoms with van der Waals surface area (Å²) >= 11 is 5.95. The lowest BCUT2D eigenvalue weighted by molar-refractivity contribution is 0.248. The predicted octanol–water partition coefficient (Wildman–Crippen LogP) is 4.36. The molecule has 0 amide bonds. The molecule has 0 aliphatic carbocycles. The van der Waals surface area contributed by atoms with E-state index in [1.54, 1.807) is 12.4 Å². The molecule has 2 aromatic heterocycles. The Morgan fingerprint density at radius 1 is 1.11 bits per heavy atom. The van der Waals surface area contributed by atoms with Gasteiger partial charge in [0, 0.05) is 34.7 Å². The van der Waals surface area contributed by atoms with Gasteiger partial charge < -0.3 is 15.7 Å². The summed E-state index contributed by atoms with van der Waals surface area (Å²) in [5, 5.41) is 16.8. The van der Waals surface area contributed by atoms with Crippen LogP contribution in [0.3, 0.4) is 0 Å². The standard InChI is InChI=1S/C20H22ClN5O/c1-13(2)18(12-27)25-20-24-17(14-4-3-9-22-11-14)10-19(26-20)23-16-7-5-15(21)6-8-16/h3-11,13,18,27H,12H2,1-2H3,(H2,23,24,25,26)/t18-/m0/s1. The number of nitrogens with zero attached hydrogens (tertiary/aromatic N) is 3.